The number of benzene rings is 3. The largest absolute Gasteiger partial charge is 0.489 e. The Kier molecular flexibility index (Phi) is 6.49. The molecule has 0 saturated carbocycles. The molecule has 180 valence electrons. The van der Waals surface area contributed by atoms with Crippen LogP contribution in [-0.2, 0) is 16.1 Å². The molecule has 7 heteroatoms. The van der Waals surface area contributed by atoms with E-state index in [0.717, 1.165) is 5.56 Å². The SMILES string of the molecule is N#CC1=C(N)OC2=C(C(=O)C[C@H](c3ccccc3)C2)[C@@H]1c1cccc(OCc2c(F)cccc2Cl)c1. The summed E-state index contributed by atoms with van der Waals surface area (Å²) >= 11 is 6.12. The molecule has 1 aliphatic carbocycles. The van der Waals surface area contributed by atoms with Crippen LogP contribution < -0.4 is 10.5 Å². The minimum absolute atomic E-state index is 0.00720. The van der Waals surface area contributed by atoms with Crippen LogP contribution >= 0.6 is 11.6 Å². The lowest BCUT2D eigenvalue weighted by molar-refractivity contribution is -0.117. The minimum atomic E-state index is -0.677. The molecule has 0 fully saturated rings. The Morgan fingerprint density at radius 3 is 2.56 bits per heavy atom. The number of rotatable bonds is 5. The van der Waals surface area contributed by atoms with Gasteiger partial charge >= 0.3 is 0 Å². The zero-order valence-electron chi connectivity index (χ0n) is 19.2. The molecular weight excluding hydrogens is 479 g/mol. The molecule has 0 spiro atoms. The van der Waals surface area contributed by atoms with Gasteiger partial charge in [-0.05, 0) is 41.3 Å². The van der Waals surface area contributed by atoms with E-state index in [-0.39, 0.29) is 40.4 Å². The van der Waals surface area contributed by atoms with Crippen molar-refractivity contribution in [3.63, 3.8) is 0 Å². The van der Waals surface area contributed by atoms with Crippen LogP contribution in [0.4, 0.5) is 4.39 Å². The predicted molar refractivity (Wildman–Crippen MR) is 133 cm³/mol. The number of allylic oxidation sites excluding steroid dienone is 3. The Morgan fingerprint density at radius 1 is 1.06 bits per heavy atom. The van der Waals surface area contributed by atoms with Gasteiger partial charge in [-0.2, -0.15) is 5.26 Å². The number of nitrogens with zero attached hydrogens (tertiary/aromatic N) is 1. The van der Waals surface area contributed by atoms with Crippen LogP contribution in [0, 0.1) is 17.1 Å². The van der Waals surface area contributed by atoms with E-state index >= 15 is 0 Å². The molecule has 0 aromatic heterocycles. The second-order valence-corrected chi connectivity index (χ2v) is 9.17. The first-order valence-corrected chi connectivity index (χ1v) is 11.9. The zero-order valence-corrected chi connectivity index (χ0v) is 20.0. The third-order valence-corrected chi connectivity index (χ3v) is 6.92. The van der Waals surface area contributed by atoms with Crippen LogP contribution in [-0.4, -0.2) is 5.78 Å². The molecule has 0 saturated heterocycles. The van der Waals surface area contributed by atoms with Crippen molar-refractivity contribution >= 4 is 17.4 Å². The van der Waals surface area contributed by atoms with E-state index in [1.165, 1.54) is 12.1 Å². The van der Waals surface area contributed by atoms with E-state index < -0.39 is 11.7 Å². The van der Waals surface area contributed by atoms with E-state index in [9.17, 15) is 14.4 Å². The summed E-state index contributed by atoms with van der Waals surface area (Å²) in [7, 11) is 0. The topological polar surface area (TPSA) is 85.3 Å². The van der Waals surface area contributed by atoms with Crippen molar-refractivity contribution < 1.29 is 18.7 Å². The van der Waals surface area contributed by atoms with Crippen molar-refractivity contribution in [1.82, 2.24) is 0 Å². The molecule has 3 aromatic rings. The van der Waals surface area contributed by atoms with Gasteiger partial charge in [0.15, 0.2) is 5.78 Å². The molecule has 5 rings (SSSR count). The van der Waals surface area contributed by atoms with Crippen LogP contribution in [0.25, 0.3) is 0 Å². The number of hydrogen-bond acceptors (Lipinski definition) is 5. The maximum absolute atomic E-state index is 14.2. The van der Waals surface area contributed by atoms with Crippen molar-refractivity contribution in [2.45, 2.75) is 31.3 Å². The summed E-state index contributed by atoms with van der Waals surface area (Å²) in [5.74, 6) is -0.320. The number of halogens is 2. The maximum Gasteiger partial charge on any atom is 0.205 e. The molecule has 1 aliphatic heterocycles. The van der Waals surface area contributed by atoms with Gasteiger partial charge in [0.25, 0.3) is 0 Å². The quantitative estimate of drug-likeness (QED) is 0.446. The fraction of sp³-hybridized carbons (Fsp3) is 0.172. The standard InChI is InChI=1S/C29H22ClFN2O3/c30-23-10-5-11-24(31)22(23)16-35-20-9-4-8-18(12-20)27-21(15-32)29(33)36-26-14-19(13-25(34)28(26)27)17-6-2-1-3-7-17/h1-12,19,27H,13-14,16,33H2/t19-,27+/m0/s1. The minimum Gasteiger partial charge on any atom is -0.489 e. The Bertz CT molecular complexity index is 1420. The smallest absolute Gasteiger partial charge is 0.205 e. The van der Waals surface area contributed by atoms with E-state index in [1.54, 1.807) is 24.3 Å². The zero-order chi connectivity index (χ0) is 25.2. The van der Waals surface area contributed by atoms with Crippen molar-refractivity contribution in [2.75, 3.05) is 0 Å². The Morgan fingerprint density at radius 2 is 1.81 bits per heavy atom. The lowest BCUT2D eigenvalue weighted by atomic mass is 9.73. The summed E-state index contributed by atoms with van der Waals surface area (Å²) < 4.78 is 25.8. The van der Waals surface area contributed by atoms with Crippen LogP contribution in [0.15, 0.2) is 95.6 Å². The number of ether oxygens (including phenoxy) is 2. The van der Waals surface area contributed by atoms with Gasteiger partial charge in [0.05, 0.1) is 10.9 Å². The Labute approximate surface area is 213 Å². The molecule has 1 heterocycles. The highest BCUT2D eigenvalue weighted by molar-refractivity contribution is 6.31. The van der Waals surface area contributed by atoms with Gasteiger partial charge in [-0.15, -0.1) is 0 Å². The second-order valence-electron chi connectivity index (χ2n) is 8.76. The fourth-order valence-corrected chi connectivity index (χ4v) is 5.03. The third kappa shape index (κ3) is 4.46. The van der Waals surface area contributed by atoms with E-state index in [2.05, 4.69) is 6.07 Å². The number of carbonyl (C=O) groups is 1. The molecule has 2 aliphatic rings. The number of hydrogen-bond donors (Lipinski definition) is 1. The second kappa shape index (κ2) is 9.88. The number of Topliss-reactive ketones (excluding diaryl/α,β-unsaturated/α-hetero) is 1. The summed E-state index contributed by atoms with van der Waals surface area (Å²) in [6.07, 6.45) is 0.812. The van der Waals surface area contributed by atoms with E-state index in [4.69, 9.17) is 26.8 Å². The van der Waals surface area contributed by atoms with Gasteiger partial charge in [-0.1, -0.05) is 60.1 Å². The van der Waals surface area contributed by atoms with Crippen LogP contribution in [0.5, 0.6) is 5.75 Å². The van der Waals surface area contributed by atoms with Gasteiger partial charge in [0.2, 0.25) is 5.88 Å². The monoisotopic (exact) mass is 500 g/mol. The summed E-state index contributed by atoms with van der Waals surface area (Å²) in [6.45, 7) is -0.0720. The van der Waals surface area contributed by atoms with Crippen LogP contribution in [0.3, 0.4) is 0 Å². The van der Waals surface area contributed by atoms with E-state index in [1.807, 2.05) is 36.4 Å². The lowest BCUT2D eigenvalue weighted by Crippen LogP contribution is -2.29. The van der Waals surface area contributed by atoms with E-state index in [0.29, 0.717) is 35.5 Å². The van der Waals surface area contributed by atoms with Gasteiger partial charge in [0, 0.05) is 24.0 Å². The molecule has 0 radical (unpaired) electrons. The fourth-order valence-electron chi connectivity index (χ4n) is 4.81. The van der Waals surface area contributed by atoms with Crippen molar-refractivity contribution in [3.05, 3.63) is 123 Å². The number of nitrogens with two attached hydrogens (primary N) is 1. The maximum atomic E-state index is 14.2. The van der Waals surface area contributed by atoms with Crippen molar-refractivity contribution in [1.29, 1.82) is 5.26 Å². The predicted octanol–water partition coefficient (Wildman–Crippen LogP) is 6.27. The molecular formula is C29H22ClFN2O3. The molecule has 36 heavy (non-hydrogen) atoms. The molecule has 2 atom stereocenters. The normalized spacial score (nSPS) is 19.4. The summed E-state index contributed by atoms with van der Waals surface area (Å²) in [6, 6.07) is 23.4. The highest BCUT2D eigenvalue weighted by atomic mass is 35.5. The molecule has 2 N–H and O–H groups in total. The molecule has 5 nitrogen and oxygen atoms in total. The molecule has 3 aromatic carbocycles. The lowest BCUT2D eigenvalue weighted by Gasteiger charge is -2.34. The Hall–Kier alpha value is -4.08. The number of ketones is 1. The van der Waals surface area contributed by atoms with Gasteiger partial charge in [-0.3, -0.25) is 4.79 Å². The average molecular weight is 501 g/mol. The first kappa shape index (κ1) is 23.7. The molecule has 0 unspecified atom stereocenters. The van der Waals surface area contributed by atoms with Gasteiger partial charge in [0.1, 0.15) is 35.6 Å². The van der Waals surface area contributed by atoms with Gasteiger partial charge < -0.3 is 15.2 Å². The van der Waals surface area contributed by atoms with Crippen LogP contribution in [0.1, 0.15) is 41.4 Å². The molecule has 0 amide bonds. The van der Waals surface area contributed by atoms with Gasteiger partial charge in [-0.25, -0.2) is 4.39 Å². The number of nitriles is 1. The third-order valence-electron chi connectivity index (χ3n) is 6.57. The van der Waals surface area contributed by atoms with Crippen LogP contribution in [0.2, 0.25) is 5.02 Å². The van der Waals surface area contributed by atoms with Crippen molar-refractivity contribution in [2.24, 2.45) is 5.73 Å². The first-order valence-electron chi connectivity index (χ1n) is 11.5. The number of carbonyl (C=O) groups excluding carboxylic acids is 1. The molecule has 0 bridgehead atoms. The summed E-state index contributed by atoms with van der Waals surface area (Å²) in [5.41, 5.74) is 8.74. The first-order chi connectivity index (χ1) is 17.5. The summed E-state index contributed by atoms with van der Waals surface area (Å²) in [5, 5.41) is 10.2. The van der Waals surface area contributed by atoms with Crippen molar-refractivity contribution in [3.8, 4) is 11.8 Å². The summed E-state index contributed by atoms with van der Waals surface area (Å²) in [4.78, 5) is 13.4. The Balaban J connectivity index is 1.48. The average Bonchev–Trinajstić information content (AvgIpc) is 2.88. The highest BCUT2D eigenvalue weighted by Crippen LogP contribution is 2.47. The highest BCUT2D eigenvalue weighted by Gasteiger charge is 2.41.